The lowest BCUT2D eigenvalue weighted by atomic mass is 10.0. The fourth-order valence-electron chi connectivity index (χ4n) is 2.85. The largest absolute Gasteiger partial charge is 0.472 e. The monoisotopic (exact) mass is 408 g/mol. The maximum absolute atomic E-state index is 14.2. The van der Waals surface area contributed by atoms with Gasteiger partial charge in [-0.3, -0.25) is 9.05 Å². The van der Waals surface area contributed by atoms with Crippen LogP contribution in [0.2, 0.25) is 0 Å². The van der Waals surface area contributed by atoms with E-state index in [9.17, 15) is 18.2 Å². The number of ether oxygens (including phenoxy) is 2. The zero-order valence-corrected chi connectivity index (χ0v) is 17.0. The van der Waals surface area contributed by atoms with Crippen molar-refractivity contribution in [3.63, 3.8) is 0 Å². The molecule has 0 spiro atoms. The first-order valence-electron chi connectivity index (χ1n) is 8.90. The molecule has 6 nitrogen and oxygen atoms in total. The van der Waals surface area contributed by atoms with Gasteiger partial charge < -0.3 is 14.4 Å². The lowest BCUT2D eigenvalue weighted by molar-refractivity contribution is -0.0603. The molecule has 0 aromatic heterocycles. The smallest absolute Gasteiger partial charge is 0.376 e. The summed E-state index contributed by atoms with van der Waals surface area (Å²) < 4.78 is 61.5. The Morgan fingerprint density at radius 1 is 1.22 bits per heavy atom. The minimum Gasteiger partial charge on any atom is -0.376 e. The third-order valence-corrected chi connectivity index (χ3v) is 5.26. The summed E-state index contributed by atoms with van der Waals surface area (Å²) >= 11 is 0. The molecule has 1 N–H and O–H groups in total. The molecule has 0 aliphatic carbocycles. The van der Waals surface area contributed by atoms with E-state index in [4.69, 9.17) is 18.5 Å². The predicted octanol–water partition coefficient (Wildman–Crippen LogP) is 4.44. The van der Waals surface area contributed by atoms with E-state index in [2.05, 4.69) is 0 Å². The van der Waals surface area contributed by atoms with Crippen LogP contribution < -0.4 is 0 Å². The molecule has 0 saturated carbocycles. The third kappa shape index (κ3) is 6.31. The molecule has 2 rings (SSSR count). The zero-order chi connectivity index (χ0) is 20.4. The first-order chi connectivity index (χ1) is 12.5. The van der Waals surface area contributed by atoms with Crippen molar-refractivity contribution in [3.8, 4) is 0 Å². The van der Waals surface area contributed by atoms with Gasteiger partial charge in [0.05, 0.1) is 24.9 Å². The number of hydrogen-bond acceptors (Lipinski definition) is 5. The summed E-state index contributed by atoms with van der Waals surface area (Å²) in [5.41, 5.74) is 0.456. The second kappa shape index (κ2) is 9.07. The maximum Gasteiger partial charge on any atom is 0.472 e. The Labute approximate surface area is 158 Å². The molecule has 4 atom stereocenters. The number of hydrogen-bond donors (Lipinski definition) is 1. The summed E-state index contributed by atoms with van der Waals surface area (Å²) in [4.78, 5) is 9.92. The van der Waals surface area contributed by atoms with E-state index in [1.54, 1.807) is 13.8 Å². The van der Waals surface area contributed by atoms with Crippen LogP contribution in [0.5, 0.6) is 0 Å². The molecule has 2 unspecified atom stereocenters. The molecule has 27 heavy (non-hydrogen) atoms. The van der Waals surface area contributed by atoms with Gasteiger partial charge in [0.1, 0.15) is 23.8 Å². The Hall–Kier alpha value is -0.890. The van der Waals surface area contributed by atoms with Crippen LogP contribution in [-0.2, 0) is 23.1 Å². The molecule has 0 amide bonds. The summed E-state index contributed by atoms with van der Waals surface area (Å²) in [5, 5.41) is 0. The molecule has 154 valence electrons. The highest BCUT2D eigenvalue weighted by atomic mass is 31.2. The Morgan fingerprint density at radius 3 is 2.48 bits per heavy atom. The SMILES string of the molecule is Cc1cc([C@H]2CC(OP(=O)(O)OC(C)C)[C@@H](COC(C)C)O2)c(F)cc1F. The molecule has 1 aliphatic rings. The van der Waals surface area contributed by atoms with Gasteiger partial charge in [-0.05, 0) is 46.2 Å². The van der Waals surface area contributed by atoms with Gasteiger partial charge in [0.2, 0.25) is 0 Å². The van der Waals surface area contributed by atoms with Crippen LogP contribution in [0.1, 0.15) is 51.3 Å². The third-order valence-electron chi connectivity index (χ3n) is 4.03. The van der Waals surface area contributed by atoms with Crippen molar-refractivity contribution in [2.75, 3.05) is 6.61 Å². The standard InChI is InChI=1S/C18H27F2O6P/c1-10(2)23-9-18-17(26-27(21,22)25-11(3)4)8-16(24-18)13-6-12(5)14(19)7-15(13)20/h6-7,10-11,16-18H,8-9H2,1-5H3,(H,21,22)/t16-,17?,18-/m1/s1. The van der Waals surface area contributed by atoms with E-state index in [0.717, 1.165) is 6.07 Å². The molecule has 1 aromatic rings. The summed E-state index contributed by atoms with van der Waals surface area (Å²) in [6.07, 6.45) is -2.78. The van der Waals surface area contributed by atoms with Crippen LogP contribution in [0.3, 0.4) is 0 Å². The van der Waals surface area contributed by atoms with Gasteiger partial charge in [-0.15, -0.1) is 0 Å². The van der Waals surface area contributed by atoms with Gasteiger partial charge in [-0.25, -0.2) is 13.3 Å². The summed E-state index contributed by atoms with van der Waals surface area (Å²) in [7, 11) is -4.32. The lowest BCUT2D eigenvalue weighted by Gasteiger charge is -2.23. The van der Waals surface area contributed by atoms with Gasteiger partial charge in [-0.1, -0.05) is 0 Å². The average Bonchev–Trinajstić information content (AvgIpc) is 2.89. The second-order valence-corrected chi connectivity index (χ2v) is 8.53. The maximum atomic E-state index is 14.2. The van der Waals surface area contributed by atoms with Crippen molar-refractivity contribution < 1.29 is 36.8 Å². The minimum absolute atomic E-state index is 0.0917. The van der Waals surface area contributed by atoms with Gasteiger partial charge >= 0.3 is 7.82 Å². The Balaban J connectivity index is 2.21. The predicted molar refractivity (Wildman–Crippen MR) is 95.3 cm³/mol. The van der Waals surface area contributed by atoms with E-state index < -0.39 is 43.9 Å². The van der Waals surface area contributed by atoms with Crippen LogP contribution in [0.25, 0.3) is 0 Å². The average molecular weight is 408 g/mol. The Morgan fingerprint density at radius 2 is 1.89 bits per heavy atom. The number of halogens is 2. The molecule has 1 aromatic carbocycles. The minimum atomic E-state index is -4.32. The van der Waals surface area contributed by atoms with Crippen molar-refractivity contribution in [3.05, 3.63) is 34.9 Å². The van der Waals surface area contributed by atoms with Gasteiger partial charge in [0.25, 0.3) is 0 Å². The van der Waals surface area contributed by atoms with Crippen LogP contribution in [0.4, 0.5) is 8.78 Å². The molecular formula is C18H27F2O6P. The van der Waals surface area contributed by atoms with Gasteiger partial charge in [0, 0.05) is 18.1 Å². The van der Waals surface area contributed by atoms with Crippen molar-refractivity contribution in [2.45, 2.75) is 71.6 Å². The Kier molecular flexibility index (Phi) is 7.53. The molecular weight excluding hydrogens is 381 g/mol. The van der Waals surface area contributed by atoms with Crippen molar-refractivity contribution in [1.29, 1.82) is 0 Å². The lowest BCUT2D eigenvalue weighted by Crippen LogP contribution is -2.30. The molecule has 0 radical (unpaired) electrons. The highest BCUT2D eigenvalue weighted by Gasteiger charge is 2.42. The topological polar surface area (TPSA) is 74.2 Å². The number of aryl methyl sites for hydroxylation is 1. The zero-order valence-electron chi connectivity index (χ0n) is 16.1. The fourth-order valence-corrected chi connectivity index (χ4v) is 4.00. The molecule has 9 heteroatoms. The fraction of sp³-hybridized carbons (Fsp3) is 0.667. The van der Waals surface area contributed by atoms with E-state index in [0.29, 0.717) is 0 Å². The van der Waals surface area contributed by atoms with E-state index in [-0.39, 0.29) is 30.3 Å². The van der Waals surface area contributed by atoms with Crippen LogP contribution in [-0.4, -0.2) is 35.9 Å². The number of rotatable bonds is 8. The molecule has 1 aliphatic heterocycles. The van der Waals surface area contributed by atoms with Crippen molar-refractivity contribution >= 4 is 7.82 Å². The van der Waals surface area contributed by atoms with E-state index >= 15 is 0 Å². The highest BCUT2D eigenvalue weighted by Crippen LogP contribution is 2.50. The van der Waals surface area contributed by atoms with Crippen LogP contribution in [0.15, 0.2) is 12.1 Å². The first-order valence-corrected chi connectivity index (χ1v) is 10.4. The highest BCUT2D eigenvalue weighted by molar-refractivity contribution is 7.47. The van der Waals surface area contributed by atoms with E-state index in [1.807, 2.05) is 13.8 Å². The van der Waals surface area contributed by atoms with Crippen LogP contribution in [0, 0.1) is 18.6 Å². The second-order valence-electron chi connectivity index (χ2n) is 7.17. The van der Waals surface area contributed by atoms with Gasteiger partial charge in [0.15, 0.2) is 0 Å². The quantitative estimate of drug-likeness (QED) is 0.641. The van der Waals surface area contributed by atoms with E-state index in [1.165, 1.54) is 13.0 Å². The van der Waals surface area contributed by atoms with Crippen molar-refractivity contribution in [2.24, 2.45) is 0 Å². The van der Waals surface area contributed by atoms with Crippen molar-refractivity contribution in [1.82, 2.24) is 0 Å². The van der Waals surface area contributed by atoms with Gasteiger partial charge in [-0.2, -0.15) is 0 Å². The summed E-state index contributed by atoms with van der Waals surface area (Å²) in [5.74, 6) is -1.38. The molecule has 1 heterocycles. The number of phosphoric ester groups is 1. The normalized spacial score (nSPS) is 25.3. The molecule has 0 bridgehead atoms. The number of benzene rings is 1. The van der Waals surface area contributed by atoms with Crippen LogP contribution >= 0.6 is 7.82 Å². The summed E-state index contributed by atoms with van der Waals surface area (Å²) in [6.45, 7) is 8.52. The summed E-state index contributed by atoms with van der Waals surface area (Å²) in [6, 6.07) is 2.18. The first kappa shape index (κ1) is 22.4. The molecule has 1 saturated heterocycles. The Bertz CT molecular complexity index is 697. The number of phosphoric acid groups is 1. The molecule has 1 fully saturated rings.